The molecule has 1 aliphatic heterocycles. The molecule has 2 heterocycles. The molecule has 0 unspecified atom stereocenters. The lowest BCUT2D eigenvalue weighted by molar-refractivity contribution is -0.143. The summed E-state index contributed by atoms with van der Waals surface area (Å²) in [4.78, 5) is 164. The second kappa shape index (κ2) is 46.2. The number of rotatable bonds is 34. The van der Waals surface area contributed by atoms with E-state index in [4.69, 9.17) is 5.73 Å². The molecule has 6 rings (SSSR count). The number of unbranched alkanes of at least 4 members (excludes halogenated alkanes) is 11. The third kappa shape index (κ3) is 31.0. The molecule has 108 heavy (non-hydrogen) atoms. The fraction of sp³-hybridized carbons (Fsp3) is 0.537. The highest BCUT2D eigenvalue weighted by Gasteiger charge is 2.37. The van der Waals surface area contributed by atoms with E-state index in [-0.39, 0.29) is 68.2 Å². The summed E-state index contributed by atoms with van der Waals surface area (Å²) in [5.74, 6) is -10.5. The number of aromatic amines is 1. The van der Waals surface area contributed by atoms with E-state index in [1.54, 1.807) is 36.5 Å². The first-order valence-electron chi connectivity index (χ1n) is 38.2. The summed E-state index contributed by atoms with van der Waals surface area (Å²) in [6.45, 7) is 6.96. The van der Waals surface area contributed by atoms with Crippen LogP contribution < -0.4 is 48.3 Å². The zero-order valence-corrected chi connectivity index (χ0v) is 62.9. The first-order chi connectivity index (χ1) is 51.8. The van der Waals surface area contributed by atoms with E-state index < -0.39 is 139 Å². The van der Waals surface area contributed by atoms with Gasteiger partial charge >= 0.3 is 5.97 Å². The van der Waals surface area contributed by atoms with E-state index >= 15 is 14.4 Å². The normalized spacial score (nSPS) is 19.4. The third-order valence-corrected chi connectivity index (χ3v) is 19.2. The summed E-state index contributed by atoms with van der Waals surface area (Å²) < 4.78 is 0. The molecule has 1 fully saturated rings. The van der Waals surface area contributed by atoms with Crippen molar-refractivity contribution in [1.29, 1.82) is 0 Å². The Morgan fingerprint density at radius 1 is 0.565 bits per heavy atom. The Morgan fingerprint density at radius 3 is 1.62 bits per heavy atom. The van der Waals surface area contributed by atoms with Crippen molar-refractivity contribution in [2.24, 2.45) is 11.7 Å². The van der Waals surface area contributed by atoms with Crippen molar-refractivity contribution in [2.75, 3.05) is 39.3 Å². The lowest BCUT2D eigenvalue weighted by Gasteiger charge is -2.31. The molecule has 0 bridgehead atoms. The number of carbonyl (C=O) groups excluding carboxylic acids is 10. The molecule has 16 N–H and O–H groups in total. The summed E-state index contributed by atoms with van der Waals surface area (Å²) in [5, 5.41) is 73.7. The number of hydrogen-bond donors (Lipinski definition) is 15. The number of phenols is 3. The van der Waals surface area contributed by atoms with Gasteiger partial charge in [-0.15, -0.1) is 0 Å². The van der Waals surface area contributed by atoms with Gasteiger partial charge in [-0.3, -0.25) is 47.9 Å². The number of nitrogens with one attached hydrogen (secondary N) is 9. The Hall–Kier alpha value is -10.1. The van der Waals surface area contributed by atoms with Gasteiger partial charge in [-0.2, -0.15) is 0 Å². The summed E-state index contributed by atoms with van der Waals surface area (Å²) in [5.41, 5.74) is 8.31. The zero-order chi connectivity index (χ0) is 78.5. The topological polar surface area (TPSA) is 433 Å². The van der Waals surface area contributed by atoms with Gasteiger partial charge in [-0.05, 0) is 142 Å². The number of para-hydroxylation sites is 1. The number of aliphatic carboxylic acids is 1. The molecule has 4 aromatic carbocycles. The largest absolute Gasteiger partial charge is 0.508 e. The molecule has 0 spiro atoms. The minimum atomic E-state index is -1.85. The van der Waals surface area contributed by atoms with Gasteiger partial charge < -0.3 is 88.6 Å². The predicted octanol–water partition coefficient (Wildman–Crippen LogP) is 5.64. The first kappa shape index (κ1) is 86.8. The molecule has 8 atom stereocenters. The zero-order valence-electron chi connectivity index (χ0n) is 62.9. The molecule has 1 aliphatic rings. The smallest absolute Gasteiger partial charge is 0.326 e. The number of primary amides is 1. The van der Waals surface area contributed by atoms with Crippen molar-refractivity contribution in [3.05, 3.63) is 126 Å². The number of aliphatic hydroxyl groups is 1. The van der Waals surface area contributed by atoms with Gasteiger partial charge in [-0.1, -0.05) is 146 Å². The van der Waals surface area contributed by atoms with Gasteiger partial charge in [0.05, 0.1) is 13.2 Å². The minimum Gasteiger partial charge on any atom is -0.508 e. The highest BCUT2D eigenvalue weighted by atomic mass is 16.4. The van der Waals surface area contributed by atoms with Crippen LogP contribution in [0.1, 0.15) is 178 Å². The van der Waals surface area contributed by atoms with Crippen molar-refractivity contribution in [3.63, 3.8) is 0 Å². The second-order valence-electron chi connectivity index (χ2n) is 28.8. The van der Waals surface area contributed by atoms with Gasteiger partial charge in [0.15, 0.2) is 0 Å². The second-order valence-corrected chi connectivity index (χ2v) is 28.8. The lowest BCUT2D eigenvalue weighted by atomic mass is 10.00. The van der Waals surface area contributed by atoms with Crippen molar-refractivity contribution in [1.82, 2.24) is 57.3 Å². The number of H-pyrrole nitrogens is 1. The average Bonchev–Trinajstić information content (AvgIpc) is 1.63. The SMILES string of the molecule is CCCCCCCCCCCCCCN1CCCC[C@H](NC(=O)[C@H](Cc2ccc(O)cc2)NC(C)=O)C(=O)N[C@@H](Cc2c[nH]c3ccccc23)C(=O)N[C@@H](CO)C(=O)N[C@@H](CCC(N)=O)C(=O)N[C@@H](Cc2ccc(O)cc2)C(=O)N[C@@H](CC(C)C)C(=O)N(CC(=O)N[C@@H](Cc2ccc(O)cc2)C(=O)O)CCCC1. The maximum absolute atomic E-state index is 15.4. The van der Waals surface area contributed by atoms with Crippen LogP contribution in [0.25, 0.3) is 10.9 Å². The number of carboxylic acids is 1. The molecule has 28 heteroatoms. The van der Waals surface area contributed by atoms with Crippen LogP contribution in [0.5, 0.6) is 17.2 Å². The molecular formula is C80H114N12O16. The van der Waals surface area contributed by atoms with Crippen LogP contribution in [-0.4, -0.2) is 193 Å². The number of carboxylic acid groups (broad SMARTS) is 1. The van der Waals surface area contributed by atoms with Gasteiger partial charge in [0, 0.05) is 62.7 Å². The molecule has 10 amide bonds. The summed E-state index contributed by atoms with van der Waals surface area (Å²) >= 11 is 0. The minimum absolute atomic E-state index is 0.00352. The highest BCUT2D eigenvalue weighted by molar-refractivity contribution is 5.99. The number of fused-ring (bicyclic) bond motifs is 1. The predicted molar refractivity (Wildman–Crippen MR) is 408 cm³/mol. The van der Waals surface area contributed by atoms with Gasteiger partial charge in [-0.25, -0.2) is 4.79 Å². The van der Waals surface area contributed by atoms with Crippen LogP contribution in [0, 0.1) is 5.92 Å². The molecule has 28 nitrogen and oxygen atoms in total. The number of benzene rings is 4. The van der Waals surface area contributed by atoms with E-state index in [9.17, 15) is 63.9 Å². The Balaban J connectivity index is 1.41. The van der Waals surface area contributed by atoms with Gasteiger partial charge in [0.2, 0.25) is 59.1 Å². The molecule has 0 saturated carbocycles. The van der Waals surface area contributed by atoms with Crippen LogP contribution >= 0.6 is 0 Å². The van der Waals surface area contributed by atoms with Crippen molar-refractivity contribution in [3.8, 4) is 17.2 Å². The number of nitrogens with two attached hydrogens (primary N) is 1. The summed E-state index contributed by atoms with van der Waals surface area (Å²) in [6, 6.07) is 12.6. The van der Waals surface area contributed by atoms with Crippen LogP contribution in [0.3, 0.4) is 0 Å². The molecule has 1 saturated heterocycles. The van der Waals surface area contributed by atoms with Crippen LogP contribution in [0.4, 0.5) is 0 Å². The highest BCUT2D eigenvalue weighted by Crippen LogP contribution is 2.22. The van der Waals surface area contributed by atoms with Crippen molar-refractivity contribution >= 4 is 75.9 Å². The number of phenolic OH excluding ortho intramolecular Hbond substituents is 3. The fourth-order valence-electron chi connectivity index (χ4n) is 13.3. The lowest BCUT2D eigenvalue weighted by Crippen LogP contribution is -2.61. The van der Waals surface area contributed by atoms with E-state index in [2.05, 4.69) is 59.3 Å². The van der Waals surface area contributed by atoms with Crippen LogP contribution in [0.15, 0.2) is 103 Å². The number of amides is 10. The number of carbonyl (C=O) groups is 11. The summed E-state index contributed by atoms with van der Waals surface area (Å²) in [6.07, 6.45) is 15.2. The number of hydrogen-bond acceptors (Lipinski definition) is 16. The van der Waals surface area contributed by atoms with Gasteiger partial charge in [0.25, 0.3) is 0 Å². The maximum Gasteiger partial charge on any atom is 0.326 e. The van der Waals surface area contributed by atoms with E-state index in [1.165, 1.54) is 117 Å². The molecule has 0 radical (unpaired) electrons. The quantitative estimate of drug-likeness (QED) is 0.0222. The van der Waals surface area contributed by atoms with Crippen molar-refractivity contribution in [2.45, 2.75) is 230 Å². The monoisotopic (exact) mass is 1500 g/mol. The number of aromatic nitrogens is 1. The van der Waals surface area contributed by atoms with E-state index in [0.717, 1.165) is 32.1 Å². The molecule has 5 aromatic rings. The standard InChI is InChI=1S/C80H114N12O16/c1-5-6-7-8-9-10-11-12-13-14-15-19-40-91-41-20-18-25-63(85-75(102)65(83-53(4)94)45-54-26-32-58(95)33-27-54)73(100)88-67(48-57-49-82-62-24-17-16-23-61(57)62)77(104)90-70(51-93)78(105)86-64(38-39-71(81)98)74(101)87-66(46-55-28-34-59(96)35-29-55)76(103)89-68(44-52(2)3)79(106)92(43-22-21-42-91)50-72(99)84-69(80(107)108)47-56-30-36-60(97)37-31-56/h16-17,23-24,26-37,49,52,63-70,82,93,95-97H,5-15,18-22,25,38-48,50-51H2,1-4H3,(H2,81,98)(H,83,94)(H,84,99)(H,85,102)(H,86,105)(H,87,101)(H,88,100)(H,89,103)(H,90,104)(H,107,108)/t63-,64-,65-,66-,67-,68-,69-,70-/m0/s1. The summed E-state index contributed by atoms with van der Waals surface area (Å²) in [7, 11) is 0. The molecule has 1 aromatic heterocycles. The first-order valence-corrected chi connectivity index (χ1v) is 38.2. The fourth-order valence-corrected chi connectivity index (χ4v) is 13.3. The maximum atomic E-state index is 15.4. The van der Waals surface area contributed by atoms with Crippen LogP contribution in [-0.2, 0) is 78.4 Å². The Bertz CT molecular complexity index is 3700. The third-order valence-electron chi connectivity index (χ3n) is 19.2. The molecule has 590 valence electrons. The van der Waals surface area contributed by atoms with Crippen molar-refractivity contribution < 1.29 is 78.3 Å². The number of aromatic hydroxyl groups is 3. The van der Waals surface area contributed by atoms with E-state index in [1.807, 2.05) is 19.9 Å². The van der Waals surface area contributed by atoms with Crippen LogP contribution in [0.2, 0.25) is 0 Å². The Morgan fingerprint density at radius 2 is 1.06 bits per heavy atom. The number of aliphatic hydroxyl groups excluding tert-OH is 1. The Labute approximate surface area is 632 Å². The number of nitrogens with zero attached hydrogens (tertiary/aromatic N) is 2. The molecule has 0 aliphatic carbocycles. The Kier molecular flexibility index (Phi) is 37.1. The van der Waals surface area contributed by atoms with E-state index in [0.29, 0.717) is 78.5 Å². The van der Waals surface area contributed by atoms with Gasteiger partial charge in [0.1, 0.15) is 65.6 Å². The molecular weight excluding hydrogens is 1380 g/mol. The average molecular weight is 1500 g/mol.